The first-order chi connectivity index (χ1) is 17.0. The SMILES string of the molecule is CCOc1ccc2nccc(-c3[nH]c4c(c3Nc3cccc(F)c3CC)C(=O)NCC43CC3)c2n1. The van der Waals surface area contributed by atoms with E-state index in [1.54, 1.807) is 18.3 Å². The average Bonchev–Trinajstić information content (AvgIpc) is 3.54. The van der Waals surface area contributed by atoms with E-state index in [4.69, 9.17) is 9.72 Å². The van der Waals surface area contributed by atoms with Crippen molar-refractivity contribution in [1.82, 2.24) is 20.3 Å². The maximum Gasteiger partial charge on any atom is 0.255 e. The van der Waals surface area contributed by atoms with Gasteiger partial charge >= 0.3 is 0 Å². The molecule has 1 aliphatic carbocycles. The number of amides is 1. The summed E-state index contributed by atoms with van der Waals surface area (Å²) in [6, 6.07) is 10.5. The van der Waals surface area contributed by atoms with Gasteiger partial charge in [0.1, 0.15) is 11.3 Å². The molecule has 3 N–H and O–H groups in total. The van der Waals surface area contributed by atoms with Gasteiger partial charge in [0, 0.05) is 46.7 Å². The monoisotopic (exact) mass is 471 g/mol. The Labute approximate surface area is 202 Å². The molecule has 1 aliphatic heterocycles. The first-order valence-electron chi connectivity index (χ1n) is 12.0. The van der Waals surface area contributed by atoms with Crippen LogP contribution < -0.4 is 15.4 Å². The molecule has 4 aromatic rings. The molecule has 35 heavy (non-hydrogen) atoms. The van der Waals surface area contributed by atoms with Crippen molar-refractivity contribution >= 4 is 28.3 Å². The van der Waals surface area contributed by atoms with Gasteiger partial charge in [-0.2, -0.15) is 0 Å². The van der Waals surface area contributed by atoms with Crippen molar-refractivity contribution in [3.63, 3.8) is 0 Å². The third kappa shape index (κ3) is 3.43. The smallest absolute Gasteiger partial charge is 0.255 e. The van der Waals surface area contributed by atoms with E-state index in [-0.39, 0.29) is 17.1 Å². The molecule has 0 saturated heterocycles. The normalized spacial score (nSPS) is 15.7. The highest BCUT2D eigenvalue weighted by Gasteiger charge is 2.51. The molecule has 0 unspecified atom stereocenters. The molecule has 1 spiro atoms. The quantitative estimate of drug-likeness (QED) is 0.358. The van der Waals surface area contributed by atoms with Crippen LogP contribution in [-0.2, 0) is 11.8 Å². The number of hydrogen-bond acceptors (Lipinski definition) is 5. The van der Waals surface area contributed by atoms with Gasteiger partial charge in [-0.3, -0.25) is 9.78 Å². The molecule has 1 amide bonds. The Hall–Kier alpha value is -3.94. The number of fused-ring (bicyclic) bond motifs is 3. The van der Waals surface area contributed by atoms with Crippen LogP contribution in [0.4, 0.5) is 15.8 Å². The average molecular weight is 472 g/mol. The molecule has 7 nitrogen and oxygen atoms in total. The van der Waals surface area contributed by atoms with Gasteiger partial charge < -0.3 is 20.4 Å². The van der Waals surface area contributed by atoms with Crippen molar-refractivity contribution in [2.45, 2.75) is 38.5 Å². The largest absolute Gasteiger partial charge is 0.478 e. The molecule has 1 aromatic carbocycles. The van der Waals surface area contributed by atoms with Crippen LogP contribution in [0.15, 0.2) is 42.6 Å². The molecule has 8 heteroatoms. The summed E-state index contributed by atoms with van der Waals surface area (Å²) in [5.74, 6) is 0.0946. The number of hydrogen-bond donors (Lipinski definition) is 3. The van der Waals surface area contributed by atoms with Gasteiger partial charge in [-0.05, 0) is 50.5 Å². The molecule has 0 bridgehead atoms. The van der Waals surface area contributed by atoms with E-state index in [1.807, 2.05) is 32.0 Å². The summed E-state index contributed by atoms with van der Waals surface area (Å²) >= 11 is 0. The number of benzene rings is 1. The zero-order valence-corrected chi connectivity index (χ0v) is 19.7. The van der Waals surface area contributed by atoms with E-state index >= 15 is 0 Å². The topological polar surface area (TPSA) is 91.9 Å². The number of halogens is 1. The first kappa shape index (κ1) is 21.6. The summed E-state index contributed by atoms with van der Waals surface area (Å²) in [5, 5.41) is 6.49. The van der Waals surface area contributed by atoms with Crippen molar-refractivity contribution in [3.05, 3.63) is 65.2 Å². The minimum atomic E-state index is -0.274. The van der Waals surface area contributed by atoms with Crippen LogP contribution in [0.25, 0.3) is 22.3 Å². The van der Waals surface area contributed by atoms with E-state index in [1.165, 1.54) is 6.07 Å². The molecule has 1 saturated carbocycles. The Morgan fingerprint density at radius 2 is 2.03 bits per heavy atom. The molecule has 178 valence electrons. The number of aromatic nitrogens is 3. The lowest BCUT2D eigenvalue weighted by Gasteiger charge is -2.23. The molecule has 4 heterocycles. The molecular weight excluding hydrogens is 445 g/mol. The fourth-order valence-electron chi connectivity index (χ4n) is 5.06. The van der Waals surface area contributed by atoms with Gasteiger partial charge in [-0.25, -0.2) is 9.37 Å². The lowest BCUT2D eigenvalue weighted by molar-refractivity contribution is 0.0938. The Morgan fingerprint density at radius 3 is 2.80 bits per heavy atom. The maximum atomic E-state index is 14.6. The molecule has 0 atom stereocenters. The molecule has 6 rings (SSSR count). The molecular formula is C27H26FN5O2. The number of rotatable bonds is 6. The van der Waals surface area contributed by atoms with Gasteiger partial charge in [-0.15, -0.1) is 0 Å². The third-order valence-corrected chi connectivity index (χ3v) is 7.05. The summed E-state index contributed by atoms with van der Waals surface area (Å²) in [6.07, 6.45) is 4.26. The molecule has 1 fully saturated rings. The van der Waals surface area contributed by atoms with E-state index in [9.17, 15) is 9.18 Å². The zero-order valence-electron chi connectivity index (χ0n) is 19.7. The highest BCUT2D eigenvalue weighted by Crippen LogP contribution is 2.53. The third-order valence-electron chi connectivity index (χ3n) is 7.05. The van der Waals surface area contributed by atoms with Crippen LogP contribution in [0.5, 0.6) is 5.88 Å². The van der Waals surface area contributed by atoms with Crippen LogP contribution in [0, 0.1) is 5.82 Å². The summed E-state index contributed by atoms with van der Waals surface area (Å²) in [5.41, 5.74) is 6.18. The second kappa shape index (κ2) is 8.08. The van der Waals surface area contributed by atoms with Crippen molar-refractivity contribution in [3.8, 4) is 17.1 Å². The number of nitrogens with zero attached hydrogens (tertiary/aromatic N) is 2. The number of anilines is 2. The zero-order chi connectivity index (χ0) is 24.2. The lowest BCUT2D eigenvalue weighted by Crippen LogP contribution is -2.39. The fraction of sp³-hybridized carbons (Fsp3) is 0.296. The first-order valence-corrected chi connectivity index (χ1v) is 12.0. The second-order valence-electron chi connectivity index (χ2n) is 9.14. The summed E-state index contributed by atoms with van der Waals surface area (Å²) in [7, 11) is 0. The highest BCUT2D eigenvalue weighted by atomic mass is 19.1. The van der Waals surface area contributed by atoms with Gasteiger partial charge in [0.2, 0.25) is 5.88 Å². The number of H-pyrrole nitrogens is 1. The van der Waals surface area contributed by atoms with E-state index < -0.39 is 0 Å². The predicted octanol–water partition coefficient (Wildman–Crippen LogP) is 5.24. The molecule has 0 radical (unpaired) electrons. The molecule has 3 aromatic heterocycles. The Morgan fingerprint density at radius 1 is 1.17 bits per heavy atom. The minimum Gasteiger partial charge on any atom is -0.478 e. The summed E-state index contributed by atoms with van der Waals surface area (Å²) < 4.78 is 20.3. The number of aromatic amines is 1. The number of nitrogens with one attached hydrogen (secondary N) is 3. The number of pyridine rings is 2. The Bertz CT molecular complexity index is 1470. The molecule has 2 aliphatic rings. The van der Waals surface area contributed by atoms with Gasteiger partial charge in [0.25, 0.3) is 5.91 Å². The lowest BCUT2D eigenvalue weighted by atomic mass is 9.93. The van der Waals surface area contributed by atoms with E-state index in [0.717, 1.165) is 35.3 Å². The van der Waals surface area contributed by atoms with Crippen molar-refractivity contribution in [2.24, 2.45) is 0 Å². The Balaban J connectivity index is 1.60. The van der Waals surface area contributed by atoms with E-state index in [0.29, 0.717) is 53.5 Å². The van der Waals surface area contributed by atoms with E-state index in [2.05, 4.69) is 20.6 Å². The summed E-state index contributed by atoms with van der Waals surface area (Å²) in [4.78, 5) is 26.0. The number of carbonyl (C=O) groups excluding carboxylic acids is 1. The van der Waals surface area contributed by atoms with Crippen LogP contribution >= 0.6 is 0 Å². The Kier molecular flexibility index (Phi) is 4.98. The summed E-state index contributed by atoms with van der Waals surface area (Å²) in [6.45, 7) is 4.94. The van der Waals surface area contributed by atoms with Crippen LogP contribution in [0.3, 0.4) is 0 Å². The van der Waals surface area contributed by atoms with Crippen LogP contribution in [0.1, 0.15) is 48.3 Å². The standard InChI is InChI=1S/C27H26FN5O2/c1-3-15-17(28)6-5-7-18(15)31-24-21-25(27(11-12-27)14-30-26(21)34)33-23(24)16-10-13-29-19-8-9-20(35-4-2)32-22(16)19/h5-10,13,31,33H,3-4,11-12,14H2,1-2H3,(H,30,34). The van der Waals surface area contributed by atoms with Crippen LogP contribution in [0.2, 0.25) is 0 Å². The maximum absolute atomic E-state index is 14.6. The number of carbonyl (C=O) groups is 1. The minimum absolute atomic E-state index is 0.0831. The van der Waals surface area contributed by atoms with Crippen LogP contribution in [-0.4, -0.2) is 34.0 Å². The van der Waals surface area contributed by atoms with Crippen molar-refractivity contribution < 1.29 is 13.9 Å². The fourth-order valence-corrected chi connectivity index (χ4v) is 5.06. The predicted molar refractivity (Wildman–Crippen MR) is 133 cm³/mol. The second-order valence-corrected chi connectivity index (χ2v) is 9.14. The van der Waals surface area contributed by atoms with Crippen molar-refractivity contribution in [2.75, 3.05) is 18.5 Å². The van der Waals surface area contributed by atoms with Gasteiger partial charge in [0.05, 0.1) is 29.1 Å². The van der Waals surface area contributed by atoms with Crippen molar-refractivity contribution in [1.29, 1.82) is 0 Å². The van der Waals surface area contributed by atoms with Gasteiger partial charge in [0.15, 0.2) is 0 Å². The highest BCUT2D eigenvalue weighted by molar-refractivity contribution is 6.08. The van der Waals surface area contributed by atoms with Gasteiger partial charge in [-0.1, -0.05) is 13.0 Å². The number of ether oxygens (including phenoxy) is 1.